The zero-order valence-electron chi connectivity index (χ0n) is 11.2. The molecule has 2 heteroatoms. The Hall–Kier alpha value is -1.28. The van der Waals surface area contributed by atoms with Gasteiger partial charge in [0.15, 0.2) is 0 Å². The Labute approximate surface area is 123 Å². The third kappa shape index (κ3) is 2.84. The number of fused-ring (bicyclic) bond motifs is 1. The van der Waals surface area contributed by atoms with Crippen molar-refractivity contribution in [2.24, 2.45) is 0 Å². The maximum absolute atomic E-state index is 3.63. The number of hydrogen-bond acceptors (Lipinski definition) is 1. The van der Waals surface area contributed by atoms with Crippen LogP contribution in [-0.2, 0) is 19.4 Å². The summed E-state index contributed by atoms with van der Waals surface area (Å²) in [6, 6.07) is 13.3. The molecule has 0 radical (unpaired) electrons. The summed E-state index contributed by atoms with van der Waals surface area (Å²) in [5.74, 6) is 0. The Morgan fingerprint density at radius 2 is 1.89 bits per heavy atom. The first kappa shape index (κ1) is 12.7. The number of hydrogen-bond donors (Lipinski definition) is 1. The Bertz CT molecular complexity index is 604. The van der Waals surface area contributed by atoms with Crippen LogP contribution in [0.5, 0.6) is 0 Å². The van der Waals surface area contributed by atoms with E-state index < -0.39 is 0 Å². The van der Waals surface area contributed by atoms with E-state index in [-0.39, 0.29) is 0 Å². The third-order valence-electron chi connectivity index (χ3n) is 3.79. The molecule has 1 N–H and O–H groups in total. The molecule has 1 nitrogen and oxygen atoms in total. The van der Waals surface area contributed by atoms with Gasteiger partial charge in [-0.25, -0.2) is 0 Å². The summed E-state index contributed by atoms with van der Waals surface area (Å²) in [7, 11) is 0. The highest BCUT2D eigenvalue weighted by molar-refractivity contribution is 9.10. The lowest BCUT2D eigenvalue weighted by atomic mass is 10.1. The molecule has 0 heterocycles. The second-order valence-electron chi connectivity index (χ2n) is 5.29. The molecular formula is C17H18BrN. The van der Waals surface area contributed by atoms with Crippen molar-refractivity contribution in [3.63, 3.8) is 0 Å². The Morgan fingerprint density at radius 3 is 2.74 bits per heavy atom. The van der Waals surface area contributed by atoms with Crippen molar-refractivity contribution in [1.82, 2.24) is 0 Å². The Morgan fingerprint density at radius 1 is 1.05 bits per heavy atom. The van der Waals surface area contributed by atoms with Gasteiger partial charge in [-0.15, -0.1) is 0 Å². The average molecular weight is 316 g/mol. The van der Waals surface area contributed by atoms with Crippen LogP contribution in [0.25, 0.3) is 0 Å². The molecule has 0 fully saturated rings. The molecule has 0 saturated carbocycles. The Balaban J connectivity index is 1.72. The highest BCUT2D eigenvalue weighted by Crippen LogP contribution is 2.26. The predicted molar refractivity (Wildman–Crippen MR) is 84.7 cm³/mol. The second-order valence-corrected chi connectivity index (χ2v) is 6.14. The quantitative estimate of drug-likeness (QED) is 0.853. The minimum Gasteiger partial charge on any atom is -0.381 e. The lowest BCUT2D eigenvalue weighted by molar-refractivity contribution is 0.912. The largest absolute Gasteiger partial charge is 0.381 e. The van der Waals surface area contributed by atoms with Crippen molar-refractivity contribution >= 4 is 21.6 Å². The molecular weight excluding hydrogens is 298 g/mol. The van der Waals surface area contributed by atoms with Crippen LogP contribution in [0.3, 0.4) is 0 Å². The van der Waals surface area contributed by atoms with Crippen LogP contribution in [0.1, 0.15) is 28.7 Å². The van der Waals surface area contributed by atoms with Crippen molar-refractivity contribution < 1.29 is 0 Å². The molecule has 2 aromatic carbocycles. The third-order valence-corrected chi connectivity index (χ3v) is 4.53. The highest BCUT2D eigenvalue weighted by atomic mass is 79.9. The second kappa shape index (κ2) is 5.38. The fraction of sp³-hybridized carbons (Fsp3) is 0.294. The van der Waals surface area contributed by atoms with Gasteiger partial charge < -0.3 is 5.32 Å². The van der Waals surface area contributed by atoms with Crippen LogP contribution >= 0.6 is 15.9 Å². The van der Waals surface area contributed by atoms with E-state index in [9.17, 15) is 0 Å². The first-order valence-electron chi connectivity index (χ1n) is 6.83. The van der Waals surface area contributed by atoms with Crippen LogP contribution in [0.15, 0.2) is 40.9 Å². The molecule has 3 rings (SSSR count). The first-order valence-corrected chi connectivity index (χ1v) is 7.62. The summed E-state index contributed by atoms with van der Waals surface area (Å²) in [6.07, 6.45) is 3.79. The van der Waals surface area contributed by atoms with Gasteiger partial charge in [-0.1, -0.05) is 34.1 Å². The maximum Gasteiger partial charge on any atom is 0.0411 e. The number of aryl methyl sites for hydroxylation is 3. The van der Waals surface area contributed by atoms with Crippen molar-refractivity contribution in [1.29, 1.82) is 0 Å². The average Bonchev–Trinajstić information content (AvgIpc) is 2.85. The van der Waals surface area contributed by atoms with Crippen molar-refractivity contribution in [2.75, 3.05) is 5.32 Å². The standard InChI is InChI=1S/C17H18BrN/c1-12-5-6-15(17(18)9-12)11-19-16-8-7-13-3-2-4-14(13)10-16/h5-10,19H,2-4,11H2,1H3. The monoisotopic (exact) mass is 315 g/mol. The fourth-order valence-electron chi connectivity index (χ4n) is 2.67. The zero-order valence-corrected chi connectivity index (χ0v) is 12.8. The normalized spacial score (nSPS) is 13.4. The number of rotatable bonds is 3. The molecule has 0 aromatic heterocycles. The number of halogens is 1. The summed E-state index contributed by atoms with van der Waals surface area (Å²) >= 11 is 3.63. The van der Waals surface area contributed by atoms with Gasteiger partial charge in [-0.3, -0.25) is 0 Å². The predicted octanol–water partition coefficient (Wildman–Crippen LogP) is 4.86. The van der Waals surface area contributed by atoms with Crippen LogP contribution in [-0.4, -0.2) is 0 Å². The van der Waals surface area contributed by atoms with E-state index in [1.165, 1.54) is 51.7 Å². The molecule has 0 atom stereocenters. The van der Waals surface area contributed by atoms with Crippen LogP contribution in [0, 0.1) is 6.92 Å². The molecule has 98 valence electrons. The molecule has 0 unspecified atom stereocenters. The smallest absolute Gasteiger partial charge is 0.0411 e. The SMILES string of the molecule is Cc1ccc(CNc2ccc3c(c2)CCC3)c(Br)c1. The fourth-order valence-corrected chi connectivity index (χ4v) is 3.31. The molecule has 1 aliphatic carbocycles. The van der Waals surface area contributed by atoms with Gasteiger partial charge >= 0.3 is 0 Å². The first-order chi connectivity index (χ1) is 9.22. The summed E-state index contributed by atoms with van der Waals surface area (Å²) in [5, 5.41) is 3.52. The van der Waals surface area contributed by atoms with Gasteiger partial charge in [-0.2, -0.15) is 0 Å². The van der Waals surface area contributed by atoms with Gasteiger partial charge in [-0.05, 0) is 66.6 Å². The summed E-state index contributed by atoms with van der Waals surface area (Å²) in [4.78, 5) is 0. The number of benzene rings is 2. The van der Waals surface area contributed by atoms with Crippen molar-refractivity contribution in [3.05, 3.63) is 63.1 Å². The van der Waals surface area contributed by atoms with Crippen molar-refractivity contribution in [2.45, 2.75) is 32.7 Å². The number of nitrogens with one attached hydrogen (secondary N) is 1. The maximum atomic E-state index is 3.63. The lowest BCUT2D eigenvalue weighted by Gasteiger charge is -2.10. The Kier molecular flexibility index (Phi) is 3.61. The molecule has 0 spiro atoms. The van der Waals surface area contributed by atoms with E-state index in [1.807, 2.05) is 0 Å². The molecule has 0 amide bonds. The molecule has 0 bridgehead atoms. The summed E-state index contributed by atoms with van der Waals surface area (Å²) in [6.45, 7) is 2.97. The van der Waals surface area contributed by atoms with Gasteiger partial charge in [0.25, 0.3) is 0 Å². The van der Waals surface area contributed by atoms with Crippen LogP contribution in [0.2, 0.25) is 0 Å². The minimum absolute atomic E-state index is 0.861. The van der Waals surface area contributed by atoms with E-state index in [4.69, 9.17) is 0 Å². The summed E-state index contributed by atoms with van der Waals surface area (Å²) < 4.78 is 1.18. The van der Waals surface area contributed by atoms with Gasteiger partial charge in [0.05, 0.1) is 0 Å². The molecule has 19 heavy (non-hydrogen) atoms. The van der Waals surface area contributed by atoms with E-state index in [0.717, 1.165) is 6.54 Å². The van der Waals surface area contributed by atoms with Gasteiger partial charge in [0.1, 0.15) is 0 Å². The summed E-state index contributed by atoms with van der Waals surface area (Å²) in [5.41, 5.74) is 6.86. The van der Waals surface area contributed by atoms with E-state index >= 15 is 0 Å². The van der Waals surface area contributed by atoms with Crippen molar-refractivity contribution in [3.8, 4) is 0 Å². The zero-order chi connectivity index (χ0) is 13.2. The van der Waals surface area contributed by atoms with E-state index in [2.05, 4.69) is 64.6 Å². The number of anilines is 1. The highest BCUT2D eigenvalue weighted by Gasteiger charge is 2.10. The molecule has 1 aliphatic rings. The van der Waals surface area contributed by atoms with Crippen LogP contribution in [0.4, 0.5) is 5.69 Å². The minimum atomic E-state index is 0.861. The van der Waals surface area contributed by atoms with Gasteiger partial charge in [0.2, 0.25) is 0 Å². The van der Waals surface area contributed by atoms with Gasteiger partial charge in [0, 0.05) is 16.7 Å². The van der Waals surface area contributed by atoms with E-state index in [0.29, 0.717) is 0 Å². The molecule has 0 saturated heterocycles. The van der Waals surface area contributed by atoms with E-state index in [1.54, 1.807) is 0 Å². The molecule has 0 aliphatic heterocycles. The van der Waals surface area contributed by atoms with Crippen LogP contribution < -0.4 is 5.32 Å². The molecule has 2 aromatic rings. The topological polar surface area (TPSA) is 12.0 Å². The lowest BCUT2D eigenvalue weighted by Crippen LogP contribution is -2.01.